The maximum absolute atomic E-state index is 5.61. The predicted molar refractivity (Wildman–Crippen MR) is 63.4 cm³/mol. The lowest BCUT2D eigenvalue weighted by molar-refractivity contribution is 0.462. The SMILES string of the molecule is Cc1ccnc(Oc2ccc(CN)cc2)c1. The van der Waals surface area contributed by atoms with Crippen molar-refractivity contribution in [3.05, 3.63) is 53.7 Å². The standard InChI is InChI=1S/C13H14N2O/c1-10-6-7-15-13(8-10)16-12-4-2-11(9-14)3-5-12/h2-8H,9,14H2,1H3. The molecule has 0 unspecified atom stereocenters. The van der Waals surface area contributed by atoms with Crippen LogP contribution in [0, 0.1) is 6.92 Å². The zero-order chi connectivity index (χ0) is 11.4. The smallest absolute Gasteiger partial charge is 0.219 e. The third-order valence-electron chi connectivity index (χ3n) is 2.27. The molecule has 0 amide bonds. The minimum Gasteiger partial charge on any atom is -0.439 e. The van der Waals surface area contributed by atoms with Crippen LogP contribution in [0.25, 0.3) is 0 Å². The lowest BCUT2D eigenvalue weighted by Gasteiger charge is -2.05. The second kappa shape index (κ2) is 4.77. The van der Waals surface area contributed by atoms with Crippen molar-refractivity contribution >= 4 is 0 Å². The van der Waals surface area contributed by atoms with Gasteiger partial charge in [-0.2, -0.15) is 0 Å². The van der Waals surface area contributed by atoms with Gasteiger partial charge >= 0.3 is 0 Å². The van der Waals surface area contributed by atoms with Gasteiger partial charge in [-0.15, -0.1) is 0 Å². The van der Waals surface area contributed by atoms with Crippen LogP contribution >= 0.6 is 0 Å². The molecule has 0 saturated heterocycles. The van der Waals surface area contributed by atoms with E-state index in [0.29, 0.717) is 12.4 Å². The molecule has 2 N–H and O–H groups in total. The van der Waals surface area contributed by atoms with Crippen molar-refractivity contribution in [2.75, 3.05) is 0 Å². The Bertz CT molecular complexity index is 466. The van der Waals surface area contributed by atoms with E-state index in [2.05, 4.69) is 4.98 Å². The van der Waals surface area contributed by atoms with Gasteiger partial charge in [0, 0.05) is 18.8 Å². The van der Waals surface area contributed by atoms with Gasteiger partial charge in [0.25, 0.3) is 0 Å². The molecule has 0 saturated carbocycles. The summed E-state index contributed by atoms with van der Waals surface area (Å²) < 4.78 is 5.61. The molecule has 2 aromatic rings. The van der Waals surface area contributed by atoms with E-state index in [1.807, 2.05) is 43.3 Å². The van der Waals surface area contributed by atoms with Crippen molar-refractivity contribution in [3.63, 3.8) is 0 Å². The maximum atomic E-state index is 5.61. The average molecular weight is 214 g/mol. The molecule has 2 rings (SSSR count). The summed E-state index contributed by atoms with van der Waals surface area (Å²) in [5, 5.41) is 0. The van der Waals surface area contributed by atoms with Crippen LogP contribution < -0.4 is 10.5 Å². The number of nitrogens with two attached hydrogens (primary N) is 1. The van der Waals surface area contributed by atoms with Gasteiger partial charge in [0.15, 0.2) is 0 Å². The number of aryl methyl sites for hydroxylation is 1. The molecule has 0 aliphatic carbocycles. The third-order valence-corrected chi connectivity index (χ3v) is 2.27. The molecule has 1 aromatic heterocycles. The maximum Gasteiger partial charge on any atom is 0.219 e. The van der Waals surface area contributed by atoms with Crippen molar-refractivity contribution < 1.29 is 4.74 Å². The highest BCUT2D eigenvalue weighted by molar-refractivity contribution is 5.31. The monoisotopic (exact) mass is 214 g/mol. The van der Waals surface area contributed by atoms with E-state index in [0.717, 1.165) is 16.9 Å². The number of ether oxygens (including phenoxy) is 1. The van der Waals surface area contributed by atoms with Gasteiger partial charge in [0.1, 0.15) is 5.75 Å². The first-order valence-corrected chi connectivity index (χ1v) is 5.17. The molecule has 0 atom stereocenters. The second-order valence-electron chi connectivity index (χ2n) is 3.62. The Morgan fingerprint density at radius 3 is 2.56 bits per heavy atom. The van der Waals surface area contributed by atoms with Crippen LogP contribution in [0.1, 0.15) is 11.1 Å². The molecule has 0 bridgehead atoms. The fourth-order valence-corrected chi connectivity index (χ4v) is 1.38. The lowest BCUT2D eigenvalue weighted by atomic mass is 10.2. The highest BCUT2D eigenvalue weighted by Gasteiger charge is 1.98. The quantitative estimate of drug-likeness (QED) is 0.854. The van der Waals surface area contributed by atoms with Gasteiger partial charge in [-0.05, 0) is 36.2 Å². The molecule has 0 aliphatic heterocycles. The summed E-state index contributed by atoms with van der Waals surface area (Å²) in [4.78, 5) is 4.13. The first-order valence-electron chi connectivity index (χ1n) is 5.17. The molecule has 0 radical (unpaired) electrons. The van der Waals surface area contributed by atoms with Crippen molar-refractivity contribution in [1.82, 2.24) is 4.98 Å². The molecule has 82 valence electrons. The third kappa shape index (κ3) is 2.58. The van der Waals surface area contributed by atoms with E-state index >= 15 is 0 Å². The van der Waals surface area contributed by atoms with Crippen molar-refractivity contribution in [3.8, 4) is 11.6 Å². The molecule has 1 aromatic carbocycles. The number of pyridine rings is 1. The van der Waals surface area contributed by atoms with Crippen molar-refractivity contribution in [1.29, 1.82) is 0 Å². The number of rotatable bonds is 3. The summed E-state index contributed by atoms with van der Waals surface area (Å²) in [5.41, 5.74) is 7.74. The first kappa shape index (κ1) is 10.6. The molecule has 16 heavy (non-hydrogen) atoms. The van der Waals surface area contributed by atoms with Crippen LogP contribution in [0.15, 0.2) is 42.6 Å². The number of nitrogens with zero attached hydrogens (tertiary/aromatic N) is 1. The Balaban J connectivity index is 2.14. The zero-order valence-electron chi connectivity index (χ0n) is 9.18. The predicted octanol–water partition coefficient (Wildman–Crippen LogP) is 2.64. The van der Waals surface area contributed by atoms with Crippen LogP contribution in [-0.4, -0.2) is 4.98 Å². The molecule has 0 fully saturated rings. The minimum atomic E-state index is 0.545. The summed E-state index contributed by atoms with van der Waals surface area (Å²) in [5.74, 6) is 1.38. The van der Waals surface area contributed by atoms with Crippen molar-refractivity contribution in [2.24, 2.45) is 5.73 Å². The van der Waals surface area contributed by atoms with Crippen LogP contribution in [0.2, 0.25) is 0 Å². The fraction of sp³-hybridized carbons (Fsp3) is 0.154. The van der Waals surface area contributed by atoms with Crippen LogP contribution in [-0.2, 0) is 6.54 Å². The van der Waals surface area contributed by atoms with E-state index in [9.17, 15) is 0 Å². The Morgan fingerprint density at radius 2 is 1.94 bits per heavy atom. The van der Waals surface area contributed by atoms with Gasteiger partial charge in [0.05, 0.1) is 0 Å². The number of hydrogen-bond donors (Lipinski definition) is 1. The fourth-order valence-electron chi connectivity index (χ4n) is 1.38. The molecule has 1 heterocycles. The summed E-state index contributed by atoms with van der Waals surface area (Å²) >= 11 is 0. The molecular weight excluding hydrogens is 200 g/mol. The van der Waals surface area contributed by atoms with Crippen molar-refractivity contribution in [2.45, 2.75) is 13.5 Å². The molecular formula is C13H14N2O. The Hall–Kier alpha value is -1.87. The normalized spacial score (nSPS) is 10.1. The van der Waals surface area contributed by atoms with Gasteiger partial charge in [-0.25, -0.2) is 4.98 Å². The van der Waals surface area contributed by atoms with Crippen LogP contribution in [0.5, 0.6) is 11.6 Å². The van der Waals surface area contributed by atoms with E-state index in [1.54, 1.807) is 6.20 Å². The number of hydrogen-bond acceptors (Lipinski definition) is 3. The summed E-state index contributed by atoms with van der Waals surface area (Å²) in [6, 6.07) is 11.5. The molecule has 3 heteroatoms. The van der Waals surface area contributed by atoms with E-state index in [-0.39, 0.29) is 0 Å². The summed E-state index contributed by atoms with van der Waals surface area (Å²) in [6.45, 7) is 2.55. The Labute approximate surface area is 94.9 Å². The van der Waals surface area contributed by atoms with E-state index in [1.165, 1.54) is 0 Å². The van der Waals surface area contributed by atoms with Gasteiger partial charge in [0.2, 0.25) is 5.88 Å². The number of benzene rings is 1. The first-order chi connectivity index (χ1) is 7.78. The van der Waals surface area contributed by atoms with E-state index in [4.69, 9.17) is 10.5 Å². The minimum absolute atomic E-state index is 0.545. The van der Waals surface area contributed by atoms with Gasteiger partial charge < -0.3 is 10.5 Å². The largest absolute Gasteiger partial charge is 0.439 e. The summed E-state index contributed by atoms with van der Waals surface area (Å²) in [7, 11) is 0. The Kier molecular flexibility index (Phi) is 3.17. The zero-order valence-corrected chi connectivity index (χ0v) is 9.18. The Morgan fingerprint density at radius 1 is 1.19 bits per heavy atom. The van der Waals surface area contributed by atoms with Crippen LogP contribution in [0.4, 0.5) is 0 Å². The van der Waals surface area contributed by atoms with Crippen LogP contribution in [0.3, 0.4) is 0 Å². The molecule has 3 nitrogen and oxygen atoms in total. The lowest BCUT2D eigenvalue weighted by Crippen LogP contribution is -1.95. The highest BCUT2D eigenvalue weighted by atomic mass is 16.5. The molecule has 0 aliphatic rings. The number of aromatic nitrogens is 1. The highest BCUT2D eigenvalue weighted by Crippen LogP contribution is 2.20. The van der Waals surface area contributed by atoms with E-state index < -0.39 is 0 Å². The second-order valence-corrected chi connectivity index (χ2v) is 3.62. The van der Waals surface area contributed by atoms with Gasteiger partial charge in [-0.1, -0.05) is 12.1 Å². The molecule has 0 spiro atoms. The average Bonchev–Trinajstić information content (AvgIpc) is 2.30. The summed E-state index contributed by atoms with van der Waals surface area (Å²) in [6.07, 6.45) is 1.74. The topological polar surface area (TPSA) is 48.1 Å². The van der Waals surface area contributed by atoms with Gasteiger partial charge in [-0.3, -0.25) is 0 Å².